The Morgan fingerprint density at radius 2 is 1.62 bits per heavy atom. The zero-order valence-corrected chi connectivity index (χ0v) is 9.64. The first kappa shape index (κ1) is 10.7. The second-order valence-electron chi connectivity index (χ2n) is 4.15. The topological polar surface area (TPSA) is 20.2 Å². The number of phenolic OH excluding ortho intramolecular Hbond substituents is 1. The van der Waals surface area contributed by atoms with Crippen LogP contribution in [-0.4, -0.2) is 5.11 Å². The normalized spacial score (nSPS) is 12.4. The van der Waals surface area contributed by atoms with Gasteiger partial charge in [0.05, 0.1) is 0 Å². The third-order valence-corrected chi connectivity index (χ3v) is 3.04. The molecule has 0 fully saturated rings. The fourth-order valence-electron chi connectivity index (χ4n) is 1.95. The van der Waals surface area contributed by atoms with E-state index in [1.807, 2.05) is 43.3 Å². The first-order valence-electron chi connectivity index (χ1n) is 5.53. The van der Waals surface area contributed by atoms with E-state index in [0.717, 1.165) is 11.1 Å². The van der Waals surface area contributed by atoms with E-state index >= 15 is 0 Å². The molecule has 0 bridgehead atoms. The van der Waals surface area contributed by atoms with E-state index in [9.17, 15) is 5.11 Å². The zero-order chi connectivity index (χ0) is 11.5. The van der Waals surface area contributed by atoms with Crippen LogP contribution < -0.4 is 0 Å². The first-order valence-corrected chi connectivity index (χ1v) is 5.53. The number of benzene rings is 2. The van der Waals surface area contributed by atoms with Gasteiger partial charge in [-0.25, -0.2) is 0 Å². The summed E-state index contributed by atoms with van der Waals surface area (Å²) in [6.07, 6.45) is 0. The monoisotopic (exact) mass is 212 g/mol. The highest BCUT2D eigenvalue weighted by Crippen LogP contribution is 2.32. The molecule has 0 amide bonds. The van der Waals surface area contributed by atoms with Gasteiger partial charge in [-0.1, -0.05) is 55.5 Å². The van der Waals surface area contributed by atoms with Gasteiger partial charge in [0.1, 0.15) is 5.75 Å². The van der Waals surface area contributed by atoms with E-state index in [-0.39, 0.29) is 5.92 Å². The molecular formula is C15H16O. The Morgan fingerprint density at radius 3 is 2.31 bits per heavy atom. The molecule has 1 nitrogen and oxygen atoms in total. The van der Waals surface area contributed by atoms with Crippen molar-refractivity contribution in [2.24, 2.45) is 0 Å². The molecule has 0 saturated carbocycles. The molecule has 2 rings (SSSR count). The van der Waals surface area contributed by atoms with Gasteiger partial charge in [0.15, 0.2) is 0 Å². The lowest BCUT2D eigenvalue weighted by Gasteiger charge is -2.15. The molecule has 1 heteroatoms. The third kappa shape index (κ3) is 1.94. The SMILES string of the molecule is Cc1cccc([C@@H](C)c2ccccc2)c1O. The van der Waals surface area contributed by atoms with Gasteiger partial charge in [0, 0.05) is 11.5 Å². The van der Waals surface area contributed by atoms with Crippen LogP contribution in [-0.2, 0) is 0 Å². The van der Waals surface area contributed by atoms with Crippen LogP contribution >= 0.6 is 0 Å². The van der Waals surface area contributed by atoms with Crippen LogP contribution in [0.2, 0.25) is 0 Å². The summed E-state index contributed by atoms with van der Waals surface area (Å²) in [6, 6.07) is 16.1. The molecule has 2 aromatic rings. The van der Waals surface area contributed by atoms with E-state index in [1.165, 1.54) is 5.56 Å². The maximum Gasteiger partial charge on any atom is 0.122 e. The van der Waals surface area contributed by atoms with E-state index in [1.54, 1.807) is 0 Å². The summed E-state index contributed by atoms with van der Waals surface area (Å²) in [5.74, 6) is 0.639. The van der Waals surface area contributed by atoms with Gasteiger partial charge >= 0.3 is 0 Å². The highest BCUT2D eigenvalue weighted by atomic mass is 16.3. The van der Waals surface area contributed by atoms with Gasteiger partial charge in [-0.3, -0.25) is 0 Å². The predicted molar refractivity (Wildman–Crippen MR) is 66.8 cm³/mol. The summed E-state index contributed by atoms with van der Waals surface area (Å²) in [7, 11) is 0. The van der Waals surface area contributed by atoms with Crippen molar-refractivity contribution in [1.29, 1.82) is 0 Å². The fourth-order valence-corrected chi connectivity index (χ4v) is 1.95. The smallest absolute Gasteiger partial charge is 0.122 e. The van der Waals surface area contributed by atoms with Crippen molar-refractivity contribution in [1.82, 2.24) is 0 Å². The number of para-hydroxylation sites is 1. The lowest BCUT2D eigenvalue weighted by atomic mass is 9.91. The number of phenols is 1. The minimum Gasteiger partial charge on any atom is -0.507 e. The number of aryl methyl sites for hydroxylation is 1. The van der Waals surface area contributed by atoms with Crippen LogP contribution in [0, 0.1) is 6.92 Å². The summed E-state index contributed by atoms with van der Waals surface area (Å²) < 4.78 is 0. The third-order valence-electron chi connectivity index (χ3n) is 3.04. The molecule has 82 valence electrons. The molecule has 0 heterocycles. The Kier molecular flexibility index (Phi) is 2.95. The van der Waals surface area contributed by atoms with Crippen LogP contribution in [0.1, 0.15) is 29.5 Å². The summed E-state index contributed by atoms with van der Waals surface area (Å²) in [5, 5.41) is 10.0. The van der Waals surface area contributed by atoms with E-state index in [2.05, 4.69) is 19.1 Å². The molecule has 0 aliphatic carbocycles. The van der Waals surface area contributed by atoms with Gasteiger partial charge in [-0.05, 0) is 18.1 Å². The molecule has 2 aromatic carbocycles. The predicted octanol–water partition coefficient (Wildman–Crippen LogP) is 3.85. The second-order valence-corrected chi connectivity index (χ2v) is 4.15. The number of aromatic hydroxyl groups is 1. The molecule has 0 saturated heterocycles. The van der Waals surface area contributed by atoms with Crippen LogP contribution in [0.3, 0.4) is 0 Å². The Labute approximate surface area is 96.4 Å². The van der Waals surface area contributed by atoms with Gasteiger partial charge in [-0.2, -0.15) is 0 Å². The largest absolute Gasteiger partial charge is 0.507 e. The minimum absolute atomic E-state index is 0.223. The minimum atomic E-state index is 0.223. The Hall–Kier alpha value is -1.76. The van der Waals surface area contributed by atoms with Crippen molar-refractivity contribution in [2.45, 2.75) is 19.8 Å². The van der Waals surface area contributed by atoms with Gasteiger partial charge in [-0.15, -0.1) is 0 Å². The maximum absolute atomic E-state index is 10.0. The van der Waals surface area contributed by atoms with Gasteiger partial charge in [0.25, 0.3) is 0 Å². The quantitative estimate of drug-likeness (QED) is 0.801. The zero-order valence-electron chi connectivity index (χ0n) is 9.64. The fraction of sp³-hybridized carbons (Fsp3) is 0.200. The summed E-state index contributed by atoms with van der Waals surface area (Å²) >= 11 is 0. The van der Waals surface area contributed by atoms with Crippen LogP contribution in [0.4, 0.5) is 0 Å². The average molecular weight is 212 g/mol. The van der Waals surface area contributed by atoms with Gasteiger partial charge in [0.2, 0.25) is 0 Å². The van der Waals surface area contributed by atoms with Crippen LogP contribution in [0.5, 0.6) is 5.75 Å². The van der Waals surface area contributed by atoms with Crippen molar-refractivity contribution < 1.29 is 5.11 Å². The van der Waals surface area contributed by atoms with E-state index < -0.39 is 0 Å². The highest BCUT2D eigenvalue weighted by molar-refractivity contribution is 5.45. The average Bonchev–Trinajstić information content (AvgIpc) is 2.33. The number of hydrogen-bond acceptors (Lipinski definition) is 1. The van der Waals surface area contributed by atoms with Crippen molar-refractivity contribution in [2.75, 3.05) is 0 Å². The summed E-state index contributed by atoms with van der Waals surface area (Å²) in [4.78, 5) is 0. The van der Waals surface area contributed by atoms with Crippen molar-refractivity contribution in [3.8, 4) is 5.75 Å². The molecule has 0 aliphatic heterocycles. The van der Waals surface area contributed by atoms with Crippen LogP contribution in [0.15, 0.2) is 48.5 Å². The molecule has 1 atom stereocenters. The van der Waals surface area contributed by atoms with E-state index in [4.69, 9.17) is 0 Å². The Balaban J connectivity index is 2.42. The molecule has 0 unspecified atom stereocenters. The Morgan fingerprint density at radius 1 is 0.938 bits per heavy atom. The number of rotatable bonds is 2. The molecule has 0 radical (unpaired) electrons. The molecular weight excluding hydrogens is 196 g/mol. The van der Waals surface area contributed by atoms with Crippen molar-refractivity contribution in [3.63, 3.8) is 0 Å². The molecule has 0 aliphatic rings. The van der Waals surface area contributed by atoms with Crippen molar-refractivity contribution in [3.05, 3.63) is 65.2 Å². The van der Waals surface area contributed by atoms with Crippen LogP contribution in [0.25, 0.3) is 0 Å². The second kappa shape index (κ2) is 4.40. The lowest BCUT2D eigenvalue weighted by molar-refractivity contribution is 0.462. The molecule has 0 aromatic heterocycles. The highest BCUT2D eigenvalue weighted by Gasteiger charge is 2.12. The molecule has 16 heavy (non-hydrogen) atoms. The molecule has 0 spiro atoms. The summed E-state index contributed by atoms with van der Waals surface area (Å²) in [5.41, 5.74) is 3.15. The standard InChI is InChI=1S/C15H16O/c1-11-7-6-10-14(15(11)16)12(2)13-8-4-3-5-9-13/h3-10,12,16H,1-2H3/t12-/m0/s1. The lowest BCUT2D eigenvalue weighted by Crippen LogP contribution is -1.96. The molecule has 1 N–H and O–H groups in total. The maximum atomic E-state index is 10.0. The Bertz CT molecular complexity index is 474. The van der Waals surface area contributed by atoms with Crippen molar-refractivity contribution >= 4 is 0 Å². The van der Waals surface area contributed by atoms with E-state index in [0.29, 0.717) is 5.75 Å². The number of hydrogen-bond donors (Lipinski definition) is 1. The summed E-state index contributed by atoms with van der Waals surface area (Å²) in [6.45, 7) is 4.04. The van der Waals surface area contributed by atoms with Gasteiger partial charge < -0.3 is 5.11 Å². The first-order chi connectivity index (χ1) is 7.70.